The summed E-state index contributed by atoms with van der Waals surface area (Å²) < 4.78 is 31.0. The second-order valence-electron chi connectivity index (χ2n) is 11.2. The van der Waals surface area contributed by atoms with E-state index in [9.17, 15) is 22.8 Å². The summed E-state index contributed by atoms with van der Waals surface area (Å²) in [4.78, 5) is 52.1. The first-order chi connectivity index (χ1) is 21.9. The molecule has 2 aromatic heterocycles. The Hall–Kier alpha value is -4.37. The number of nitrogens with zero attached hydrogens (tertiary/aromatic N) is 6. The quantitative estimate of drug-likeness (QED) is 0.268. The summed E-state index contributed by atoms with van der Waals surface area (Å²) in [5.41, 5.74) is 1.20. The molecular weight excluding hydrogens is 657 g/mol. The number of amides is 2. The molecule has 0 radical (unpaired) electrons. The second kappa shape index (κ2) is 12.1. The summed E-state index contributed by atoms with van der Waals surface area (Å²) in [5, 5.41) is 11.5. The number of hydrogen-bond donors (Lipinski definition) is 2. The van der Waals surface area contributed by atoms with Gasteiger partial charge in [0.15, 0.2) is 5.03 Å². The third-order valence-electron chi connectivity index (χ3n) is 8.06. The maximum Gasteiger partial charge on any atom is 0.322 e. The molecular formula is C30H27Cl2N7O6S. The predicted molar refractivity (Wildman–Crippen MR) is 168 cm³/mol. The molecule has 0 aliphatic carbocycles. The van der Waals surface area contributed by atoms with Gasteiger partial charge in [0.1, 0.15) is 24.5 Å². The molecule has 16 heteroatoms. The van der Waals surface area contributed by atoms with E-state index in [2.05, 4.69) is 20.3 Å². The summed E-state index contributed by atoms with van der Waals surface area (Å²) in [6.07, 6.45) is 6.63. The normalized spacial score (nSPS) is 19.8. The Morgan fingerprint density at radius 1 is 1.04 bits per heavy atom. The van der Waals surface area contributed by atoms with Crippen molar-refractivity contribution in [3.05, 3.63) is 83.0 Å². The summed E-state index contributed by atoms with van der Waals surface area (Å²) in [5.74, 6) is -2.41. The van der Waals surface area contributed by atoms with Crippen molar-refractivity contribution in [2.75, 3.05) is 18.0 Å². The van der Waals surface area contributed by atoms with Gasteiger partial charge in [0.05, 0.1) is 11.9 Å². The Morgan fingerprint density at radius 3 is 2.37 bits per heavy atom. The SMILES string of the molecule is CC1(Cc2ccc(-c3cncnc3)cc2)C(=O)N(c2cc(Cl)cc(Cl)c2)c2ncc(S(=O)(=O)N3CCCC3C(=O)NCC(=O)O)n21. The van der Waals surface area contributed by atoms with E-state index in [0.717, 1.165) is 27.2 Å². The van der Waals surface area contributed by atoms with Crippen LogP contribution in [0.15, 0.2) is 72.4 Å². The van der Waals surface area contributed by atoms with Crippen LogP contribution in [0.3, 0.4) is 0 Å². The minimum absolute atomic E-state index is 0.0247. The van der Waals surface area contributed by atoms with E-state index in [1.54, 1.807) is 19.3 Å². The standard InChI is InChI=1S/C30H27Cl2N7O6S/c1-30(12-18-4-6-19(7-5-18)20-13-33-17-34-14-20)28(43)38(23-10-21(31)9-22(32)11-23)29-36-15-25(39(29)30)46(44,45)37-8-2-3-24(37)27(42)35-16-26(40)41/h4-7,9-11,13-15,17,24H,2-3,8,12,16H2,1H3,(H,35,42)(H,40,41). The highest BCUT2D eigenvalue weighted by atomic mass is 35.5. The van der Waals surface area contributed by atoms with Crippen LogP contribution in [0.1, 0.15) is 25.3 Å². The molecule has 2 aliphatic rings. The predicted octanol–water partition coefficient (Wildman–Crippen LogP) is 3.64. The van der Waals surface area contributed by atoms with Gasteiger partial charge in [-0.15, -0.1) is 0 Å². The first kappa shape index (κ1) is 31.6. The molecule has 2 N–H and O–H groups in total. The molecule has 0 bridgehead atoms. The van der Waals surface area contributed by atoms with Crippen molar-refractivity contribution in [2.24, 2.45) is 0 Å². The van der Waals surface area contributed by atoms with Gasteiger partial charge in [-0.25, -0.2) is 28.3 Å². The lowest BCUT2D eigenvalue weighted by Crippen LogP contribution is -2.48. The number of carboxylic acids is 1. The fraction of sp³-hybridized carbons (Fsp3) is 0.267. The van der Waals surface area contributed by atoms with Crippen LogP contribution in [0.4, 0.5) is 11.6 Å². The number of nitrogens with one attached hydrogen (secondary N) is 1. The van der Waals surface area contributed by atoms with Crippen LogP contribution in [0.2, 0.25) is 10.0 Å². The van der Waals surface area contributed by atoms with Crippen molar-refractivity contribution >= 4 is 62.6 Å². The number of halogens is 2. The van der Waals surface area contributed by atoms with Crippen molar-refractivity contribution in [1.29, 1.82) is 0 Å². The average Bonchev–Trinajstić information content (AvgIpc) is 3.74. The number of benzene rings is 2. The Bertz CT molecular complexity index is 1940. The van der Waals surface area contributed by atoms with E-state index in [4.69, 9.17) is 28.3 Å². The molecule has 2 atom stereocenters. The second-order valence-corrected chi connectivity index (χ2v) is 13.9. The van der Waals surface area contributed by atoms with Crippen LogP contribution in [-0.4, -0.2) is 74.3 Å². The van der Waals surface area contributed by atoms with E-state index in [-0.39, 0.29) is 40.4 Å². The largest absolute Gasteiger partial charge is 0.480 e. The zero-order valence-corrected chi connectivity index (χ0v) is 26.6. The van der Waals surface area contributed by atoms with Crippen LogP contribution in [0, 0.1) is 0 Å². The zero-order chi connectivity index (χ0) is 32.8. The zero-order valence-electron chi connectivity index (χ0n) is 24.3. The van der Waals surface area contributed by atoms with Gasteiger partial charge in [-0.3, -0.25) is 19.0 Å². The lowest BCUT2D eigenvalue weighted by Gasteiger charge is -2.29. The summed E-state index contributed by atoms with van der Waals surface area (Å²) >= 11 is 12.6. The van der Waals surface area contributed by atoms with Crippen molar-refractivity contribution in [3.63, 3.8) is 0 Å². The number of aliphatic carboxylic acids is 1. The number of sulfonamides is 1. The monoisotopic (exact) mass is 683 g/mol. The Kier molecular flexibility index (Phi) is 8.31. The topological polar surface area (TPSA) is 168 Å². The van der Waals surface area contributed by atoms with E-state index in [1.807, 2.05) is 24.3 Å². The lowest BCUT2D eigenvalue weighted by atomic mass is 9.91. The smallest absolute Gasteiger partial charge is 0.322 e. The number of imidazole rings is 1. The first-order valence-corrected chi connectivity index (χ1v) is 16.3. The fourth-order valence-corrected chi connectivity index (χ4v) is 8.33. The van der Waals surface area contributed by atoms with Crippen molar-refractivity contribution in [1.82, 2.24) is 29.1 Å². The summed E-state index contributed by atoms with van der Waals surface area (Å²) in [7, 11) is -4.42. The molecule has 2 amide bonds. The van der Waals surface area contributed by atoms with Crippen molar-refractivity contribution in [3.8, 4) is 11.1 Å². The number of fused-ring (bicyclic) bond motifs is 1. The average molecular weight is 685 g/mol. The number of hydrogen-bond acceptors (Lipinski definition) is 8. The van der Waals surface area contributed by atoms with Gasteiger partial charge in [-0.05, 0) is 49.1 Å². The highest BCUT2D eigenvalue weighted by Gasteiger charge is 2.53. The molecule has 0 saturated carbocycles. The third-order valence-corrected chi connectivity index (χ3v) is 10.4. The van der Waals surface area contributed by atoms with Crippen LogP contribution >= 0.6 is 23.2 Å². The Morgan fingerprint density at radius 2 is 1.72 bits per heavy atom. The van der Waals surface area contributed by atoms with Crippen molar-refractivity contribution in [2.45, 2.75) is 42.8 Å². The molecule has 46 heavy (non-hydrogen) atoms. The van der Waals surface area contributed by atoms with Crippen molar-refractivity contribution < 1.29 is 27.9 Å². The molecule has 2 aliphatic heterocycles. The van der Waals surface area contributed by atoms with Gasteiger partial charge in [0.2, 0.25) is 11.9 Å². The Balaban J connectivity index is 1.43. The fourth-order valence-electron chi connectivity index (χ4n) is 5.96. The van der Waals surface area contributed by atoms with Gasteiger partial charge in [-0.1, -0.05) is 47.5 Å². The number of anilines is 2. The highest BCUT2D eigenvalue weighted by Crippen LogP contribution is 2.45. The maximum atomic E-state index is 14.4. The number of carbonyl (C=O) groups excluding carboxylic acids is 2. The first-order valence-electron chi connectivity index (χ1n) is 14.1. The van der Waals surface area contributed by atoms with E-state index in [0.29, 0.717) is 12.1 Å². The van der Waals surface area contributed by atoms with Gasteiger partial charge >= 0.3 is 5.97 Å². The number of aromatic nitrogens is 4. The molecule has 6 rings (SSSR count). The van der Waals surface area contributed by atoms with Crippen LogP contribution < -0.4 is 10.2 Å². The van der Waals surface area contributed by atoms with E-state index in [1.165, 1.54) is 34.0 Å². The molecule has 13 nitrogen and oxygen atoms in total. The number of rotatable bonds is 9. The molecule has 1 fully saturated rings. The summed E-state index contributed by atoms with van der Waals surface area (Å²) in [6, 6.07) is 10.9. The molecule has 0 spiro atoms. The Labute approximate surface area is 273 Å². The maximum absolute atomic E-state index is 14.4. The van der Waals surface area contributed by atoms with Gasteiger partial charge < -0.3 is 10.4 Å². The molecule has 2 aromatic carbocycles. The van der Waals surface area contributed by atoms with Crippen LogP contribution in [-0.2, 0) is 36.4 Å². The number of carbonyl (C=O) groups is 3. The van der Waals surface area contributed by atoms with Crippen LogP contribution in [0.25, 0.3) is 11.1 Å². The van der Waals surface area contributed by atoms with E-state index < -0.39 is 45.9 Å². The molecule has 238 valence electrons. The molecule has 4 aromatic rings. The number of carboxylic acid groups (broad SMARTS) is 1. The minimum atomic E-state index is -4.42. The molecule has 2 unspecified atom stereocenters. The van der Waals surface area contributed by atoms with Gasteiger partial charge in [0.25, 0.3) is 15.9 Å². The lowest BCUT2D eigenvalue weighted by molar-refractivity contribution is -0.138. The van der Waals surface area contributed by atoms with E-state index >= 15 is 0 Å². The highest BCUT2D eigenvalue weighted by molar-refractivity contribution is 7.89. The van der Waals surface area contributed by atoms with Crippen LogP contribution in [0.5, 0.6) is 0 Å². The minimum Gasteiger partial charge on any atom is -0.480 e. The third kappa shape index (κ3) is 5.61. The molecule has 4 heterocycles. The van der Waals surface area contributed by atoms with Gasteiger partial charge in [-0.2, -0.15) is 4.31 Å². The molecule has 1 saturated heterocycles. The summed E-state index contributed by atoms with van der Waals surface area (Å²) in [6.45, 7) is 1.01. The van der Waals surface area contributed by atoms with Gasteiger partial charge in [0, 0.05) is 41.0 Å².